The van der Waals surface area contributed by atoms with E-state index < -0.39 is 0 Å². The Kier molecular flexibility index (Phi) is 9.29. The molecule has 0 aliphatic carbocycles. The van der Waals surface area contributed by atoms with Gasteiger partial charge in [0.15, 0.2) is 0 Å². The fourth-order valence-corrected chi connectivity index (χ4v) is 1.08. The van der Waals surface area contributed by atoms with Gasteiger partial charge in [-0.1, -0.05) is 13.8 Å². The van der Waals surface area contributed by atoms with Gasteiger partial charge in [0.25, 0.3) is 0 Å². The maximum absolute atomic E-state index is 9.17. The van der Waals surface area contributed by atoms with Gasteiger partial charge in [0.05, 0.1) is 0 Å². The van der Waals surface area contributed by atoms with Gasteiger partial charge in [0, 0.05) is 0 Å². The molecule has 4 N–H and O–H groups in total. The summed E-state index contributed by atoms with van der Waals surface area (Å²) in [5, 5.41) is 24.3. The first-order valence-electron chi connectivity index (χ1n) is 5.53. The predicted octanol–water partition coefficient (Wildman–Crippen LogP) is 0.403. The summed E-state index contributed by atoms with van der Waals surface area (Å²) in [6.45, 7) is 5.55. The first-order chi connectivity index (χ1) is 6.70. The Morgan fingerprint density at radius 1 is 0.857 bits per heavy atom. The maximum atomic E-state index is 9.17. The molecule has 86 valence electrons. The molecule has 2 atom stereocenters. The first kappa shape index (κ1) is 13.8. The Morgan fingerprint density at radius 3 is 1.50 bits per heavy atom. The minimum atomic E-state index is -0.371. The van der Waals surface area contributed by atoms with Crippen molar-refractivity contribution in [2.24, 2.45) is 0 Å². The summed E-state index contributed by atoms with van der Waals surface area (Å²) in [5.74, 6) is 0. The van der Waals surface area contributed by atoms with E-state index in [4.69, 9.17) is 0 Å². The topological polar surface area (TPSA) is 64.5 Å². The van der Waals surface area contributed by atoms with E-state index >= 15 is 0 Å². The summed E-state index contributed by atoms with van der Waals surface area (Å²) in [6, 6.07) is 0. The van der Waals surface area contributed by atoms with E-state index in [1.165, 1.54) is 0 Å². The predicted molar refractivity (Wildman–Crippen MR) is 57.8 cm³/mol. The monoisotopic (exact) mass is 204 g/mol. The Hall–Kier alpha value is -0.160. The summed E-state index contributed by atoms with van der Waals surface area (Å²) >= 11 is 0. The molecule has 0 aliphatic rings. The molecule has 0 bridgehead atoms. The number of aliphatic hydroxyl groups excluding tert-OH is 2. The highest BCUT2D eigenvalue weighted by Crippen LogP contribution is 1.90. The van der Waals surface area contributed by atoms with Crippen molar-refractivity contribution in [1.29, 1.82) is 0 Å². The largest absolute Gasteiger partial charge is 0.379 e. The third-order valence-electron chi connectivity index (χ3n) is 2.14. The van der Waals surface area contributed by atoms with Crippen molar-refractivity contribution < 1.29 is 10.2 Å². The van der Waals surface area contributed by atoms with Crippen molar-refractivity contribution in [2.45, 2.75) is 52.0 Å². The van der Waals surface area contributed by atoms with Crippen molar-refractivity contribution in [1.82, 2.24) is 10.6 Å². The molecule has 4 heteroatoms. The molecule has 0 saturated carbocycles. The van der Waals surface area contributed by atoms with E-state index in [9.17, 15) is 10.2 Å². The third-order valence-corrected chi connectivity index (χ3v) is 2.14. The van der Waals surface area contributed by atoms with Crippen LogP contribution in [0.5, 0.6) is 0 Å². The Labute approximate surface area is 86.7 Å². The van der Waals surface area contributed by atoms with Crippen LogP contribution in [0.2, 0.25) is 0 Å². The highest BCUT2D eigenvalue weighted by molar-refractivity contribution is 4.54. The van der Waals surface area contributed by atoms with Crippen LogP contribution in [0.4, 0.5) is 0 Å². The number of nitrogens with one attached hydrogen (secondary N) is 2. The molecule has 0 saturated heterocycles. The summed E-state index contributed by atoms with van der Waals surface area (Å²) in [5.41, 5.74) is 0. The van der Waals surface area contributed by atoms with Crippen molar-refractivity contribution in [2.75, 3.05) is 13.1 Å². The van der Waals surface area contributed by atoms with Gasteiger partial charge < -0.3 is 10.2 Å². The van der Waals surface area contributed by atoms with E-state index in [0.29, 0.717) is 0 Å². The SMILES string of the molecule is CCC(O)NCCCCNC(O)CC. The molecule has 0 heterocycles. The van der Waals surface area contributed by atoms with E-state index in [0.717, 1.165) is 38.8 Å². The molecule has 4 nitrogen and oxygen atoms in total. The van der Waals surface area contributed by atoms with Crippen LogP contribution in [0.1, 0.15) is 39.5 Å². The first-order valence-corrected chi connectivity index (χ1v) is 5.53. The fraction of sp³-hybridized carbons (Fsp3) is 1.00. The summed E-state index contributed by atoms with van der Waals surface area (Å²) in [7, 11) is 0. The van der Waals surface area contributed by atoms with Crippen molar-refractivity contribution in [3.63, 3.8) is 0 Å². The second-order valence-electron chi connectivity index (χ2n) is 3.46. The average Bonchev–Trinajstić information content (AvgIpc) is 2.22. The van der Waals surface area contributed by atoms with Gasteiger partial charge in [-0.15, -0.1) is 0 Å². The molecule has 0 aromatic carbocycles. The van der Waals surface area contributed by atoms with E-state index in [1.54, 1.807) is 0 Å². The molecule has 14 heavy (non-hydrogen) atoms. The lowest BCUT2D eigenvalue weighted by molar-refractivity contribution is 0.127. The fourth-order valence-electron chi connectivity index (χ4n) is 1.08. The van der Waals surface area contributed by atoms with Crippen LogP contribution in [0, 0.1) is 0 Å². The number of hydrogen-bond acceptors (Lipinski definition) is 4. The van der Waals surface area contributed by atoms with Crippen LogP contribution in [0.15, 0.2) is 0 Å². The Morgan fingerprint density at radius 2 is 1.21 bits per heavy atom. The van der Waals surface area contributed by atoms with Crippen LogP contribution in [0.3, 0.4) is 0 Å². The van der Waals surface area contributed by atoms with Crippen LogP contribution in [-0.4, -0.2) is 35.8 Å². The van der Waals surface area contributed by atoms with Crippen molar-refractivity contribution in [3.05, 3.63) is 0 Å². The number of rotatable bonds is 9. The maximum Gasteiger partial charge on any atom is 0.104 e. The molecule has 0 amide bonds. The van der Waals surface area contributed by atoms with Crippen LogP contribution in [0.25, 0.3) is 0 Å². The molecule has 0 aromatic rings. The van der Waals surface area contributed by atoms with Crippen molar-refractivity contribution >= 4 is 0 Å². The highest BCUT2D eigenvalue weighted by Gasteiger charge is 1.99. The number of hydrogen-bond donors (Lipinski definition) is 4. The normalized spacial score (nSPS) is 15.4. The number of unbranched alkanes of at least 4 members (excludes halogenated alkanes) is 1. The quantitative estimate of drug-likeness (QED) is 0.324. The number of aliphatic hydroxyl groups is 2. The minimum absolute atomic E-state index is 0.371. The minimum Gasteiger partial charge on any atom is -0.379 e. The second-order valence-corrected chi connectivity index (χ2v) is 3.46. The summed E-state index contributed by atoms with van der Waals surface area (Å²) in [4.78, 5) is 0. The zero-order valence-corrected chi connectivity index (χ0v) is 9.29. The zero-order valence-electron chi connectivity index (χ0n) is 9.29. The zero-order chi connectivity index (χ0) is 10.8. The van der Waals surface area contributed by atoms with E-state index in [-0.39, 0.29) is 12.5 Å². The molecular weight excluding hydrogens is 180 g/mol. The molecular formula is C10H24N2O2. The van der Waals surface area contributed by atoms with E-state index in [2.05, 4.69) is 10.6 Å². The Bertz CT molecular complexity index is 109. The highest BCUT2D eigenvalue weighted by atomic mass is 16.3. The van der Waals surface area contributed by atoms with Gasteiger partial charge in [-0.05, 0) is 38.8 Å². The van der Waals surface area contributed by atoms with Crippen LogP contribution >= 0.6 is 0 Å². The standard InChI is InChI=1S/C10H24N2O2/c1-3-9(13)11-7-5-6-8-12-10(14)4-2/h9-14H,3-8H2,1-2H3. The molecule has 0 fully saturated rings. The third kappa shape index (κ3) is 8.44. The lowest BCUT2D eigenvalue weighted by Crippen LogP contribution is -2.31. The lowest BCUT2D eigenvalue weighted by Gasteiger charge is -2.11. The van der Waals surface area contributed by atoms with E-state index in [1.807, 2.05) is 13.8 Å². The molecule has 0 aliphatic heterocycles. The molecule has 0 rings (SSSR count). The average molecular weight is 204 g/mol. The van der Waals surface area contributed by atoms with Gasteiger partial charge >= 0.3 is 0 Å². The smallest absolute Gasteiger partial charge is 0.104 e. The molecule has 2 unspecified atom stereocenters. The Balaban J connectivity index is 3.06. The molecule has 0 spiro atoms. The van der Waals surface area contributed by atoms with Crippen molar-refractivity contribution in [3.8, 4) is 0 Å². The van der Waals surface area contributed by atoms with Gasteiger partial charge in [0.1, 0.15) is 12.5 Å². The van der Waals surface area contributed by atoms with Crippen LogP contribution in [-0.2, 0) is 0 Å². The second kappa shape index (κ2) is 9.40. The molecule has 0 aromatic heterocycles. The van der Waals surface area contributed by atoms with Gasteiger partial charge in [0.2, 0.25) is 0 Å². The van der Waals surface area contributed by atoms with Gasteiger partial charge in [-0.2, -0.15) is 0 Å². The van der Waals surface area contributed by atoms with Gasteiger partial charge in [-0.3, -0.25) is 10.6 Å². The molecule has 0 radical (unpaired) electrons. The summed E-state index contributed by atoms with van der Waals surface area (Å²) < 4.78 is 0. The lowest BCUT2D eigenvalue weighted by atomic mass is 10.3. The van der Waals surface area contributed by atoms with Gasteiger partial charge in [-0.25, -0.2) is 0 Å². The van der Waals surface area contributed by atoms with Crippen LogP contribution < -0.4 is 10.6 Å². The summed E-state index contributed by atoms with van der Waals surface area (Å²) in [6.07, 6.45) is 2.77.